The zero-order valence-corrected chi connectivity index (χ0v) is 17.6. The van der Waals surface area contributed by atoms with Crippen molar-refractivity contribution < 1.29 is 33.2 Å². The van der Waals surface area contributed by atoms with Gasteiger partial charge in [0.25, 0.3) is 0 Å². The number of phenols is 1. The van der Waals surface area contributed by atoms with Crippen LogP contribution in [0.3, 0.4) is 0 Å². The first-order chi connectivity index (χ1) is 15.1. The SMILES string of the molecule is CCCCCOc1cc(O)c2c(=O)c(OC)c(-c3ccc4c(c3)OCO4)oc2c1OC. The smallest absolute Gasteiger partial charge is 0.239 e. The number of aromatic hydroxyl groups is 1. The van der Waals surface area contributed by atoms with E-state index in [9.17, 15) is 9.90 Å². The number of rotatable bonds is 8. The lowest BCUT2D eigenvalue weighted by Crippen LogP contribution is -2.09. The van der Waals surface area contributed by atoms with E-state index >= 15 is 0 Å². The predicted octanol–water partition coefficient (Wildman–Crippen LogP) is 4.48. The van der Waals surface area contributed by atoms with E-state index in [2.05, 4.69) is 6.92 Å². The standard InChI is InChI=1S/C23H24O8/c1-4-5-6-9-28-17-11-14(24)18-19(25)23(27-3)20(31-22(18)21(17)26-2)13-7-8-15-16(10-13)30-12-29-15/h7-8,10-11,24H,4-6,9,12H2,1-3H3. The molecule has 8 heteroatoms. The fraction of sp³-hybridized carbons (Fsp3) is 0.348. The lowest BCUT2D eigenvalue weighted by molar-refractivity contribution is 0.174. The third kappa shape index (κ3) is 3.69. The molecule has 1 aliphatic rings. The molecule has 0 radical (unpaired) electrons. The predicted molar refractivity (Wildman–Crippen MR) is 114 cm³/mol. The Morgan fingerprint density at radius 2 is 1.81 bits per heavy atom. The van der Waals surface area contributed by atoms with Gasteiger partial charge in [0.2, 0.25) is 23.7 Å². The van der Waals surface area contributed by atoms with Crippen molar-refractivity contribution in [2.24, 2.45) is 0 Å². The zero-order chi connectivity index (χ0) is 22.0. The van der Waals surface area contributed by atoms with Gasteiger partial charge >= 0.3 is 0 Å². The Bertz CT molecular complexity index is 1160. The minimum Gasteiger partial charge on any atom is -0.507 e. The van der Waals surface area contributed by atoms with Gasteiger partial charge in [0.15, 0.2) is 28.6 Å². The Hall–Kier alpha value is -3.55. The van der Waals surface area contributed by atoms with Gasteiger partial charge in [-0.15, -0.1) is 0 Å². The summed E-state index contributed by atoms with van der Waals surface area (Å²) in [5.74, 6) is 1.53. The van der Waals surface area contributed by atoms with Gasteiger partial charge < -0.3 is 33.2 Å². The van der Waals surface area contributed by atoms with Crippen LogP contribution in [-0.4, -0.2) is 32.7 Å². The molecular formula is C23H24O8. The van der Waals surface area contributed by atoms with Crippen LogP contribution in [0.15, 0.2) is 33.5 Å². The summed E-state index contributed by atoms with van der Waals surface area (Å²) in [7, 11) is 2.82. The molecule has 0 atom stereocenters. The fourth-order valence-corrected chi connectivity index (χ4v) is 3.53. The van der Waals surface area contributed by atoms with Crippen molar-refractivity contribution in [1.82, 2.24) is 0 Å². The molecule has 1 N–H and O–H groups in total. The zero-order valence-electron chi connectivity index (χ0n) is 17.6. The highest BCUT2D eigenvalue weighted by molar-refractivity contribution is 5.93. The lowest BCUT2D eigenvalue weighted by atomic mass is 10.1. The molecule has 1 aliphatic heterocycles. The first kappa shape index (κ1) is 20.7. The van der Waals surface area contributed by atoms with E-state index in [0.717, 1.165) is 19.3 Å². The third-order valence-electron chi connectivity index (χ3n) is 5.07. The van der Waals surface area contributed by atoms with Crippen LogP contribution in [-0.2, 0) is 0 Å². The average molecular weight is 428 g/mol. The van der Waals surface area contributed by atoms with Gasteiger partial charge in [-0.3, -0.25) is 4.79 Å². The fourth-order valence-electron chi connectivity index (χ4n) is 3.53. The molecule has 0 aliphatic carbocycles. The third-order valence-corrected chi connectivity index (χ3v) is 5.07. The molecule has 0 bridgehead atoms. The Balaban J connectivity index is 1.90. The molecule has 164 valence electrons. The average Bonchev–Trinajstić information content (AvgIpc) is 3.24. The first-order valence-corrected chi connectivity index (χ1v) is 10.1. The Morgan fingerprint density at radius 3 is 2.55 bits per heavy atom. The molecular weight excluding hydrogens is 404 g/mol. The van der Waals surface area contributed by atoms with Crippen LogP contribution in [0, 0.1) is 0 Å². The maximum atomic E-state index is 13.2. The maximum Gasteiger partial charge on any atom is 0.239 e. The second-order valence-corrected chi connectivity index (χ2v) is 7.05. The van der Waals surface area contributed by atoms with Crippen LogP contribution >= 0.6 is 0 Å². The molecule has 8 nitrogen and oxygen atoms in total. The van der Waals surface area contributed by atoms with Gasteiger partial charge in [0.05, 0.1) is 20.8 Å². The number of benzene rings is 2. The van der Waals surface area contributed by atoms with Crippen molar-refractivity contribution in [3.8, 4) is 45.8 Å². The summed E-state index contributed by atoms with van der Waals surface area (Å²) >= 11 is 0. The number of phenolic OH excluding ortho intramolecular Hbond substituents is 1. The molecule has 3 aromatic rings. The Morgan fingerprint density at radius 1 is 1.03 bits per heavy atom. The quantitative estimate of drug-likeness (QED) is 0.525. The second kappa shape index (κ2) is 8.67. The Kier molecular flexibility index (Phi) is 5.79. The number of hydrogen-bond acceptors (Lipinski definition) is 8. The highest BCUT2D eigenvalue weighted by Gasteiger charge is 2.26. The maximum absolute atomic E-state index is 13.2. The second-order valence-electron chi connectivity index (χ2n) is 7.05. The van der Waals surface area contributed by atoms with E-state index in [4.69, 9.17) is 28.1 Å². The summed E-state index contributed by atoms with van der Waals surface area (Å²) in [5.41, 5.74) is 0.104. The summed E-state index contributed by atoms with van der Waals surface area (Å²) < 4.78 is 33.5. The lowest BCUT2D eigenvalue weighted by Gasteiger charge is -2.15. The molecule has 31 heavy (non-hydrogen) atoms. The summed E-state index contributed by atoms with van der Waals surface area (Å²) in [5, 5.41) is 10.5. The minimum atomic E-state index is -0.523. The van der Waals surface area contributed by atoms with Crippen molar-refractivity contribution in [1.29, 1.82) is 0 Å². The molecule has 1 aromatic heterocycles. The van der Waals surface area contributed by atoms with Gasteiger partial charge in [0, 0.05) is 11.6 Å². The molecule has 2 aromatic carbocycles. The van der Waals surface area contributed by atoms with Crippen molar-refractivity contribution in [2.45, 2.75) is 26.2 Å². The largest absolute Gasteiger partial charge is 0.507 e. The summed E-state index contributed by atoms with van der Waals surface area (Å²) in [6, 6.07) is 6.52. The van der Waals surface area contributed by atoms with E-state index in [1.165, 1.54) is 20.3 Å². The highest BCUT2D eigenvalue weighted by Crippen LogP contribution is 2.44. The van der Waals surface area contributed by atoms with Crippen LogP contribution in [0.5, 0.6) is 34.5 Å². The van der Waals surface area contributed by atoms with Crippen LogP contribution < -0.4 is 29.1 Å². The number of unbranched alkanes of at least 4 members (excludes halogenated alkanes) is 2. The van der Waals surface area contributed by atoms with Gasteiger partial charge in [0.1, 0.15) is 11.1 Å². The number of ether oxygens (including phenoxy) is 5. The van der Waals surface area contributed by atoms with Crippen molar-refractivity contribution in [2.75, 3.05) is 27.6 Å². The van der Waals surface area contributed by atoms with Gasteiger partial charge in [-0.1, -0.05) is 19.8 Å². The van der Waals surface area contributed by atoms with Crippen molar-refractivity contribution in [3.05, 3.63) is 34.5 Å². The molecule has 0 amide bonds. The highest BCUT2D eigenvalue weighted by atomic mass is 16.7. The minimum absolute atomic E-state index is 0.0414. The summed E-state index contributed by atoms with van der Waals surface area (Å²) in [6.45, 7) is 2.67. The van der Waals surface area contributed by atoms with E-state index in [-0.39, 0.29) is 40.8 Å². The van der Waals surface area contributed by atoms with Crippen molar-refractivity contribution in [3.63, 3.8) is 0 Å². The van der Waals surface area contributed by atoms with Gasteiger partial charge in [-0.2, -0.15) is 0 Å². The van der Waals surface area contributed by atoms with E-state index in [1.807, 2.05) is 0 Å². The first-order valence-electron chi connectivity index (χ1n) is 10.1. The molecule has 4 rings (SSSR count). The number of hydrogen-bond donors (Lipinski definition) is 1. The normalized spacial score (nSPS) is 12.2. The number of fused-ring (bicyclic) bond motifs is 2. The number of methoxy groups -OCH3 is 2. The molecule has 2 heterocycles. The topological polar surface area (TPSA) is 96.6 Å². The van der Waals surface area contributed by atoms with Crippen LogP contribution in [0.25, 0.3) is 22.3 Å². The molecule has 0 unspecified atom stereocenters. The van der Waals surface area contributed by atoms with E-state index < -0.39 is 5.43 Å². The molecule has 0 saturated heterocycles. The van der Waals surface area contributed by atoms with Crippen LogP contribution in [0.2, 0.25) is 0 Å². The van der Waals surface area contributed by atoms with Crippen LogP contribution in [0.4, 0.5) is 0 Å². The van der Waals surface area contributed by atoms with Gasteiger partial charge in [-0.25, -0.2) is 0 Å². The van der Waals surface area contributed by atoms with Crippen molar-refractivity contribution >= 4 is 11.0 Å². The Labute approximate surface area is 178 Å². The molecule has 0 fully saturated rings. The summed E-state index contributed by atoms with van der Waals surface area (Å²) in [4.78, 5) is 13.2. The molecule has 0 spiro atoms. The molecule has 0 saturated carbocycles. The van der Waals surface area contributed by atoms with Crippen LogP contribution in [0.1, 0.15) is 26.2 Å². The van der Waals surface area contributed by atoms with Gasteiger partial charge in [-0.05, 0) is 24.6 Å². The van der Waals surface area contributed by atoms with E-state index in [0.29, 0.717) is 29.4 Å². The summed E-state index contributed by atoms with van der Waals surface area (Å²) in [6.07, 6.45) is 2.92. The van der Waals surface area contributed by atoms with E-state index in [1.54, 1.807) is 18.2 Å². The monoisotopic (exact) mass is 428 g/mol.